The lowest BCUT2D eigenvalue weighted by Crippen LogP contribution is -2.37. The summed E-state index contributed by atoms with van der Waals surface area (Å²) in [4.78, 5) is 5.70. The second kappa shape index (κ2) is 6.87. The lowest BCUT2D eigenvalue weighted by molar-refractivity contribution is -0.347. The van der Waals surface area contributed by atoms with E-state index in [9.17, 15) is 8.42 Å². The van der Waals surface area contributed by atoms with Crippen LogP contribution in [-0.4, -0.2) is 34.7 Å². The monoisotopic (exact) mass is 389 g/mol. The van der Waals surface area contributed by atoms with Gasteiger partial charge in [0.2, 0.25) is 15.4 Å². The Hall–Kier alpha value is -2.15. The first-order chi connectivity index (χ1) is 12.6. The second-order valence-corrected chi connectivity index (χ2v) is 8.46. The maximum Gasteiger partial charge on any atom is 0.214 e. The van der Waals surface area contributed by atoms with Gasteiger partial charge < -0.3 is 9.64 Å². The molecule has 7 heteroatoms. The third-order valence-electron chi connectivity index (χ3n) is 4.52. The number of nitrogens with zero attached hydrogens (tertiary/aromatic N) is 1. The molecule has 1 aliphatic rings. The van der Waals surface area contributed by atoms with Crippen LogP contribution in [0.15, 0.2) is 64.5 Å². The number of morpholine rings is 1. The number of aromatic amines is 1. The molecule has 1 fully saturated rings. The van der Waals surface area contributed by atoms with Crippen molar-refractivity contribution in [2.24, 2.45) is 0 Å². The van der Waals surface area contributed by atoms with Crippen LogP contribution in [0.3, 0.4) is 0 Å². The summed E-state index contributed by atoms with van der Waals surface area (Å²) in [6, 6.07) is 14.0. The minimum Gasteiger partial charge on any atom is -0.378 e. The Morgan fingerprint density at radius 1 is 1.00 bits per heavy atom. The standard InChI is InChI=1S/C19H17ClN2O3S/c20-14-5-7-15(8-6-14)26(23,24)18-13-21-17-4-2-1-3-16(17)19(18)22-9-11-25-12-10-22/h1-8,13H,9-12H2/p+1. The molecule has 0 bridgehead atoms. The molecule has 0 amide bonds. The molecule has 1 saturated heterocycles. The van der Waals surface area contributed by atoms with Crippen LogP contribution in [-0.2, 0) is 14.6 Å². The summed E-state index contributed by atoms with van der Waals surface area (Å²) in [5.41, 5.74) is 1.61. The molecule has 3 aromatic rings. The zero-order chi connectivity index (χ0) is 18.1. The molecule has 26 heavy (non-hydrogen) atoms. The van der Waals surface area contributed by atoms with E-state index >= 15 is 0 Å². The Morgan fingerprint density at radius 3 is 2.42 bits per heavy atom. The molecule has 134 valence electrons. The summed E-state index contributed by atoms with van der Waals surface area (Å²) in [7, 11) is -3.70. The summed E-state index contributed by atoms with van der Waals surface area (Å²) >= 11 is 5.92. The number of sulfone groups is 1. The number of ether oxygens (including phenoxy) is 1. The number of aromatic nitrogens is 1. The van der Waals surface area contributed by atoms with Crippen molar-refractivity contribution in [3.05, 3.63) is 59.8 Å². The zero-order valence-corrected chi connectivity index (χ0v) is 15.6. The van der Waals surface area contributed by atoms with Crippen LogP contribution in [0, 0.1) is 0 Å². The van der Waals surface area contributed by atoms with Gasteiger partial charge in [-0.3, -0.25) is 0 Å². The van der Waals surface area contributed by atoms with Crippen LogP contribution in [0.5, 0.6) is 0 Å². The van der Waals surface area contributed by atoms with Gasteiger partial charge in [0.05, 0.1) is 29.2 Å². The van der Waals surface area contributed by atoms with Crippen molar-refractivity contribution in [1.29, 1.82) is 0 Å². The molecular formula is C19H18ClN2O3S+. The number of hydrogen-bond donors (Lipinski definition) is 0. The molecule has 1 aromatic heterocycles. The minimum atomic E-state index is -3.70. The third-order valence-corrected chi connectivity index (χ3v) is 6.55. The van der Waals surface area contributed by atoms with E-state index in [4.69, 9.17) is 16.3 Å². The van der Waals surface area contributed by atoms with Crippen molar-refractivity contribution in [1.82, 2.24) is 0 Å². The quantitative estimate of drug-likeness (QED) is 0.691. The molecule has 0 aliphatic carbocycles. The Morgan fingerprint density at radius 2 is 1.69 bits per heavy atom. The lowest BCUT2D eigenvalue weighted by atomic mass is 10.1. The van der Waals surface area contributed by atoms with Crippen LogP contribution in [0.2, 0.25) is 5.02 Å². The molecule has 0 spiro atoms. The normalized spacial score (nSPS) is 15.3. The number of halogens is 1. The van der Waals surface area contributed by atoms with E-state index < -0.39 is 9.84 Å². The average molecular weight is 390 g/mol. The van der Waals surface area contributed by atoms with Crippen molar-refractivity contribution in [3.8, 4) is 0 Å². The van der Waals surface area contributed by atoms with Crippen LogP contribution in [0.25, 0.3) is 10.9 Å². The van der Waals surface area contributed by atoms with Crippen LogP contribution in [0.1, 0.15) is 0 Å². The summed E-state index contributed by atoms with van der Waals surface area (Å²) in [5, 5.41) is 1.38. The predicted molar refractivity (Wildman–Crippen MR) is 100 cm³/mol. The van der Waals surface area contributed by atoms with Gasteiger partial charge in [-0.2, -0.15) is 0 Å². The highest BCUT2D eigenvalue weighted by Gasteiger charge is 2.30. The molecule has 5 nitrogen and oxygen atoms in total. The fourth-order valence-electron chi connectivity index (χ4n) is 3.22. The summed E-state index contributed by atoms with van der Waals surface area (Å²) in [6.07, 6.45) is 1.58. The highest BCUT2D eigenvalue weighted by Crippen LogP contribution is 2.35. The Labute approximate surface area is 157 Å². The van der Waals surface area contributed by atoms with E-state index in [1.165, 1.54) is 12.1 Å². The predicted octanol–water partition coefficient (Wildman–Crippen LogP) is 2.98. The number of rotatable bonds is 3. The molecule has 0 saturated carbocycles. The first-order valence-electron chi connectivity index (χ1n) is 8.34. The zero-order valence-electron chi connectivity index (χ0n) is 14.0. The fraction of sp³-hybridized carbons (Fsp3) is 0.211. The topological polar surface area (TPSA) is 60.8 Å². The van der Waals surface area contributed by atoms with E-state index in [-0.39, 0.29) is 9.79 Å². The molecule has 4 rings (SSSR count). The van der Waals surface area contributed by atoms with Gasteiger partial charge in [0.1, 0.15) is 0 Å². The first-order valence-corrected chi connectivity index (χ1v) is 10.2. The van der Waals surface area contributed by atoms with E-state index in [0.29, 0.717) is 31.3 Å². The number of para-hydroxylation sites is 1. The molecule has 0 atom stereocenters. The maximum atomic E-state index is 13.3. The molecule has 0 unspecified atom stereocenters. The third kappa shape index (κ3) is 3.05. The number of anilines is 1. The van der Waals surface area contributed by atoms with Gasteiger partial charge in [0.25, 0.3) is 0 Å². The van der Waals surface area contributed by atoms with Crippen molar-refractivity contribution < 1.29 is 18.1 Å². The van der Waals surface area contributed by atoms with Gasteiger partial charge in [0, 0.05) is 24.2 Å². The van der Waals surface area contributed by atoms with Crippen molar-refractivity contribution >= 4 is 38.0 Å². The SMILES string of the molecule is O=S(=O)(c1ccc(Cl)cc1)c1c[nH+]c2ccccc2c1N1CCOCC1. The molecule has 1 aliphatic heterocycles. The van der Waals surface area contributed by atoms with Gasteiger partial charge in [-0.25, -0.2) is 13.4 Å². The second-order valence-electron chi connectivity index (χ2n) is 6.10. The molecule has 2 aromatic carbocycles. The van der Waals surface area contributed by atoms with Gasteiger partial charge >= 0.3 is 0 Å². The highest BCUT2D eigenvalue weighted by molar-refractivity contribution is 7.91. The van der Waals surface area contributed by atoms with Crippen LogP contribution < -0.4 is 9.88 Å². The Kier molecular flexibility index (Phi) is 4.56. The van der Waals surface area contributed by atoms with E-state index in [1.54, 1.807) is 18.3 Å². The largest absolute Gasteiger partial charge is 0.378 e. The Bertz CT molecular complexity index is 1050. The Balaban J connectivity index is 1.95. The first kappa shape index (κ1) is 17.3. The van der Waals surface area contributed by atoms with Crippen molar-refractivity contribution in [3.63, 3.8) is 0 Å². The number of H-pyrrole nitrogens is 1. The summed E-state index contributed by atoms with van der Waals surface area (Å²) in [5.74, 6) is 0. The van der Waals surface area contributed by atoms with E-state index in [2.05, 4.69) is 9.88 Å². The fourth-order valence-corrected chi connectivity index (χ4v) is 4.80. The smallest absolute Gasteiger partial charge is 0.214 e. The van der Waals surface area contributed by atoms with E-state index in [0.717, 1.165) is 16.6 Å². The van der Waals surface area contributed by atoms with Crippen molar-refractivity contribution in [2.45, 2.75) is 9.79 Å². The van der Waals surface area contributed by atoms with Gasteiger partial charge in [-0.15, -0.1) is 0 Å². The lowest BCUT2D eigenvalue weighted by Gasteiger charge is -2.30. The number of fused-ring (bicyclic) bond motifs is 1. The number of hydrogen-bond acceptors (Lipinski definition) is 4. The van der Waals surface area contributed by atoms with Gasteiger partial charge in [-0.1, -0.05) is 23.7 Å². The highest BCUT2D eigenvalue weighted by atomic mass is 35.5. The van der Waals surface area contributed by atoms with Gasteiger partial charge in [0.15, 0.2) is 11.1 Å². The van der Waals surface area contributed by atoms with Crippen LogP contribution in [0.4, 0.5) is 5.69 Å². The number of pyridine rings is 1. The summed E-state index contributed by atoms with van der Waals surface area (Å²) in [6.45, 7) is 2.45. The molecular weight excluding hydrogens is 372 g/mol. The molecule has 1 N–H and O–H groups in total. The van der Waals surface area contributed by atoms with Gasteiger partial charge in [-0.05, 0) is 30.3 Å². The van der Waals surface area contributed by atoms with Crippen LogP contribution >= 0.6 is 11.6 Å². The minimum absolute atomic E-state index is 0.222. The summed E-state index contributed by atoms with van der Waals surface area (Å²) < 4.78 is 32.1. The van der Waals surface area contributed by atoms with Crippen molar-refractivity contribution in [2.75, 3.05) is 31.2 Å². The van der Waals surface area contributed by atoms with E-state index in [1.807, 2.05) is 24.3 Å². The molecule has 2 heterocycles. The number of nitrogens with one attached hydrogen (secondary N) is 1. The average Bonchev–Trinajstić information content (AvgIpc) is 2.68. The maximum absolute atomic E-state index is 13.3. The molecule has 0 radical (unpaired) electrons. The number of benzene rings is 2.